The van der Waals surface area contributed by atoms with Gasteiger partial charge < -0.3 is 14.8 Å². The zero-order valence-corrected chi connectivity index (χ0v) is 9.05. The third kappa shape index (κ3) is 6.00. The third-order valence-corrected chi connectivity index (χ3v) is 1.98. The highest BCUT2D eigenvalue weighted by Gasteiger charge is 2.20. The van der Waals surface area contributed by atoms with Crippen LogP contribution in [0.15, 0.2) is 12.3 Å². The van der Waals surface area contributed by atoms with Crippen LogP contribution in [0, 0.1) is 0 Å². The maximum Gasteiger partial charge on any atom is 0.0857 e. The zero-order chi connectivity index (χ0) is 10.2. The Morgan fingerprint density at radius 2 is 2.00 bits per heavy atom. The zero-order valence-electron chi connectivity index (χ0n) is 9.05. The van der Waals surface area contributed by atoms with Crippen LogP contribution in [-0.2, 0) is 9.47 Å². The Morgan fingerprint density at radius 1 is 1.29 bits per heavy atom. The molecule has 0 amide bonds. The quantitative estimate of drug-likeness (QED) is 0.573. The molecule has 0 aromatic rings. The fourth-order valence-corrected chi connectivity index (χ4v) is 1.12. The minimum absolute atomic E-state index is 0.603. The summed E-state index contributed by atoms with van der Waals surface area (Å²) in [6.45, 7) is 8.76. The van der Waals surface area contributed by atoms with Crippen molar-refractivity contribution in [2.45, 2.75) is 32.2 Å². The van der Waals surface area contributed by atoms with E-state index in [4.69, 9.17) is 9.47 Å². The highest BCUT2D eigenvalue weighted by molar-refractivity contribution is 4.98. The average molecular weight is 199 g/mol. The average Bonchev–Trinajstić information content (AvgIpc) is 2.95. The van der Waals surface area contributed by atoms with Gasteiger partial charge in [0.2, 0.25) is 0 Å². The van der Waals surface area contributed by atoms with E-state index in [0.29, 0.717) is 25.9 Å². The Morgan fingerprint density at radius 3 is 2.64 bits per heavy atom. The molecule has 3 heteroatoms. The van der Waals surface area contributed by atoms with E-state index >= 15 is 0 Å². The van der Waals surface area contributed by atoms with E-state index in [0.717, 1.165) is 18.7 Å². The number of nitrogens with one attached hydrogen (secondary N) is 1. The van der Waals surface area contributed by atoms with Crippen LogP contribution in [0.4, 0.5) is 0 Å². The number of hydrogen-bond donors (Lipinski definition) is 1. The van der Waals surface area contributed by atoms with Gasteiger partial charge in [-0.3, -0.25) is 0 Å². The molecule has 0 heterocycles. The Hall–Kier alpha value is -0.540. The minimum Gasteiger partial charge on any atom is -0.384 e. The third-order valence-electron chi connectivity index (χ3n) is 1.98. The van der Waals surface area contributed by atoms with Crippen LogP contribution < -0.4 is 5.32 Å². The maximum atomic E-state index is 5.38. The summed E-state index contributed by atoms with van der Waals surface area (Å²) in [7, 11) is 0. The second kappa shape index (κ2) is 6.85. The Bertz CT molecular complexity index is 167. The molecule has 0 unspecified atom stereocenters. The molecule has 1 aliphatic rings. The molecule has 1 aliphatic carbocycles. The molecule has 0 aromatic heterocycles. The number of rotatable bonds is 9. The molecule has 0 atom stereocenters. The molecule has 0 aliphatic heterocycles. The molecule has 3 nitrogen and oxygen atoms in total. The highest BCUT2D eigenvalue weighted by Crippen LogP contribution is 2.19. The van der Waals surface area contributed by atoms with Gasteiger partial charge in [-0.25, -0.2) is 0 Å². The van der Waals surface area contributed by atoms with E-state index in [1.165, 1.54) is 12.8 Å². The van der Waals surface area contributed by atoms with Crippen molar-refractivity contribution in [1.82, 2.24) is 5.32 Å². The lowest BCUT2D eigenvalue weighted by Gasteiger charge is -2.09. The molecule has 0 spiro atoms. The van der Waals surface area contributed by atoms with Crippen molar-refractivity contribution in [3.8, 4) is 0 Å². The minimum atomic E-state index is 0.603. The molecular formula is C11H21NO2. The lowest BCUT2D eigenvalue weighted by Crippen LogP contribution is -2.19. The SMILES string of the molecule is C=C(COCCOCCC)NC1CC1. The van der Waals surface area contributed by atoms with Crippen molar-refractivity contribution in [2.24, 2.45) is 0 Å². The molecular weight excluding hydrogens is 178 g/mol. The van der Waals surface area contributed by atoms with Gasteiger partial charge in [0, 0.05) is 18.3 Å². The van der Waals surface area contributed by atoms with E-state index in [1.54, 1.807) is 0 Å². The molecule has 1 N–H and O–H groups in total. The molecule has 0 saturated heterocycles. The van der Waals surface area contributed by atoms with Crippen molar-refractivity contribution in [1.29, 1.82) is 0 Å². The first kappa shape index (κ1) is 11.5. The second-order valence-electron chi connectivity index (χ2n) is 3.69. The fraction of sp³-hybridized carbons (Fsp3) is 0.818. The summed E-state index contributed by atoms with van der Waals surface area (Å²) in [6, 6.07) is 0.669. The van der Waals surface area contributed by atoms with Crippen LogP contribution in [0.5, 0.6) is 0 Å². The number of ether oxygens (including phenoxy) is 2. The summed E-state index contributed by atoms with van der Waals surface area (Å²) in [4.78, 5) is 0. The van der Waals surface area contributed by atoms with Crippen LogP contribution in [0.25, 0.3) is 0 Å². The molecule has 1 rings (SSSR count). The smallest absolute Gasteiger partial charge is 0.0857 e. The van der Waals surface area contributed by atoms with E-state index in [-0.39, 0.29) is 0 Å². The molecule has 82 valence electrons. The first-order valence-corrected chi connectivity index (χ1v) is 5.42. The largest absolute Gasteiger partial charge is 0.384 e. The van der Waals surface area contributed by atoms with Gasteiger partial charge in [-0.05, 0) is 19.3 Å². The topological polar surface area (TPSA) is 30.5 Å². The second-order valence-corrected chi connectivity index (χ2v) is 3.69. The van der Waals surface area contributed by atoms with Gasteiger partial charge in [0.25, 0.3) is 0 Å². The summed E-state index contributed by atoms with van der Waals surface area (Å²) in [5.41, 5.74) is 0.989. The molecule has 14 heavy (non-hydrogen) atoms. The van der Waals surface area contributed by atoms with Gasteiger partial charge in [-0.2, -0.15) is 0 Å². The van der Waals surface area contributed by atoms with Crippen LogP contribution in [0.3, 0.4) is 0 Å². The molecule has 0 radical (unpaired) electrons. The summed E-state index contributed by atoms with van der Waals surface area (Å²) < 4.78 is 10.7. The van der Waals surface area contributed by atoms with Crippen molar-refractivity contribution in [2.75, 3.05) is 26.4 Å². The van der Waals surface area contributed by atoms with Crippen LogP contribution in [0.1, 0.15) is 26.2 Å². The van der Waals surface area contributed by atoms with Gasteiger partial charge in [0.1, 0.15) is 0 Å². The Kier molecular flexibility index (Phi) is 5.64. The first-order valence-electron chi connectivity index (χ1n) is 5.42. The predicted molar refractivity (Wildman–Crippen MR) is 57.2 cm³/mol. The summed E-state index contributed by atoms with van der Waals surface area (Å²) in [5.74, 6) is 0. The maximum absolute atomic E-state index is 5.38. The fourth-order valence-electron chi connectivity index (χ4n) is 1.12. The van der Waals surface area contributed by atoms with Crippen molar-refractivity contribution in [3.63, 3.8) is 0 Å². The van der Waals surface area contributed by atoms with E-state index < -0.39 is 0 Å². The van der Waals surface area contributed by atoms with Gasteiger partial charge >= 0.3 is 0 Å². The van der Waals surface area contributed by atoms with Gasteiger partial charge in [-0.15, -0.1) is 0 Å². The molecule has 1 fully saturated rings. The van der Waals surface area contributed by atoms with Crippen molar-refractivity contribution < 1.29 is 9.47 Å². The normalized spacial score (nSPS) is 15.5. The number of hydrogen-bond acceptors (Lipinski definition) is 3. The van der Waals surface area contributed by atoms with Crippen molar-refractivity contribution >= 4 is 0 Å². The Balaban J connectivity index is 1.80. The highest BCUT2D eigenvalue weighted by atomic mass is 16.5. The first-order chi connectivity index (χ1) is 6.83. The van der Waals surface area contributed by atoms with E-state index in [2.05, 4.69) is 18.8 Å². The molecule has 0 bridgehead atoms. The predicted octanol–water partition coefficient (Wildman–Crippen LogP) is 1.70. The van der Waals surface area contributed by atoms with E-state index in [1.807, 2.05) is 0 Å². The monoisotopic (exact) mass is 199 g/mol. The summed E-state index contributed by atoms with van der Waals surface area (Å²) in [6.07, 6.45) is 3.62. The summed E-state index contributed by atoms with van der Waals surface area (Å²) >= 11 is 0. The van der Waals surface area contributed by atoms with Gasteiger partial charge in [0.15, 0.2) is 0 Å². The molecule has 1 saturated carbocycles. The lowest BCUT2D eigenvalue weighted by molar-refractivity contribution is 0.0553. The molecule has 0 aromatic carbocycles. The van der Waals surface area contributed by atoms with Crippen LogP contribution >= 0.6 is 0 Å². The van der Waals surface area contributed by atoms with Gasteiger partial charge in [0.05, 0.1) is 19.8 Å². The van der Waals surface area contributed by atoms with Crippen molar-refractivity contribution in [3.05, 3.63) is 12.3 Å². The lowest BCUT2D eigenvalue weighted by atomic mass is 10.5. The Labute approximate surface area is 86.5 Å². The van der Waals surface area contributed by atoms with E-state index in [9.17, 15) is 0 Å². The van der Waals surface area contributed by atoms with Crippen LogP contribution in [-0.4, -0.2) is 32.5 Å². The summed E-state index contributed by atoms with van der Waals surface area (Å²) in [5, 5.41) is 3.30. The van der Waals surface area contributed by atoms with Gasteiger partial charge in [-0.1, -0.05) is 13.5 Å². The standard InChI is InChI=1S/C11H21NO2/c1-3-6-13-7-8-14-9-10(2)12-11-4-5-11/h11-12H,2-9H2,1H3. The van der Waals surface area contributed by atoms with Crippen LogP contribution in [0.2, 0.25) is 0 Å².